The maximum absolute atomic E-state index is 4.26. The van der Waals surface area contributed by atoms with Gasteiger partial charge in [-0.15, -0.1) is 0 Å². The molecular formula is C39H30N2. The molecule has 0 bridgehead atoms. The highest BCUT2D eigenvalue weighted by Gasteiger charge is 2.19. The van der Waals surface area contributed by atoms with Crippen molar-refractivity contribution < 1.29 is 0 Å². The molecule has 7 rings (SSSR count). The van der Waals surface area contributed by atoms with Gasteiger partial charge in [0.15, 0.2) is 0 Å². The number of fused-ring (bicyclic) bond motifs is 2. The summed E-state index contributed by atoms with van der Waals surface area (Å²) in [4.78, 5) is 2.37. The molecule has 0 saturated carbocycles. The molecular weight excluding hydrogens is 496 g/mol. The van der Waals surface area contributed by atoms with E-state index < -0.39 is 0 Å². The highest BCUT2D eigenvalue weighted by atomic mass is 15.1. The number of anilines is 3. The molecule has 1 aliphatic rings. The Morgan fingerprint density at radius 2 is 1.24 bits per heavy atom. The van der Waals surface area contributed by atoms with Crippen molar-refractivity contribution in [3.05, 3.63) is 163 Å². The summed E-state index contributed by atoms with van der Waals surface area (Å²) in [6, 6.07) is 50.0. The Labute approximate surface area is 241 Å². The van der Waals surface area contributed by atoms with E-state index in [2.05, 4.69) is 168 Å². The van der Waals surface area contributed by atoms with Gasteiger partial charge in [-0.25, -0.2) is 0 Å². The zero-order valence-electron chi connectivity index (χ0n) is 22.8. The lowest BCUT2D eigenvalue weighted by molar-refractivity contribution is 1.02. The second kappa shape index (κ2) is 10.7. The van der Waals surface area contributed by atoms with Crippen LogP contribution < -0.4 is 10.2 Å². The molecule has 0 atom stereocenters. The average Bonchev–Trinajstić information content (AvgIpc) is 3.22. The van der Waals surface area contributed by atoms with Crippen LogP contribution in [0, 0.1) is 0 Å². The molecule has 1 N–H and O–H groups in total. The van der Waals surface area contributed by atoms with E-state index in [1.54, 1.807) is 0 Å². The standard InChI is InChI=1S/C39H30N2/c1-28-35-25-24-34(27-32(35)15-10-26-40-28)41(39-19-8-7-17-38(39)30-11-3-2-4-12-30)33-22-20-31(21-23-33)37-18-9-14-29-13-5-6-16-36(29)37/h2-25,27,40H,1,26H2. The topological polar surface area (TPSA) is 15.3 Å². The van der Waals surface area contributed by atoms with Crippen molar-refractivity contribution in [3.63, 3.8) is 0 Å². The van der Waals surface area contributed by atoms with Gasteiger partial charge in [-0.05, 0) is 63.4 Å². The van der Waals surface area contributed by atoms with E-state index >= 15 is 0 Å². The summed E-state index contributed by atoms with van der Waals surface area (Å²) in [5, 5.41) is 5.90. The van der Waals surface area contributed by atoms with Crippen molar-refractivity contribution in [1.29, 1.82) is 0 Å². The third kappa shape index (κ3) is 4.70. The molecule has 6 aromatic carbocycles. The summed E-state index contributed by atoms with van der Waals surface area (Å²) in [6.07, 6.45) is 4.34. The quantitative estimate of drug-likeness (QED) is 0.240. The SMILES string of the molecule is C=C1NCC=Cc2cc(N(c3ccc(-c4cccc5ccccc45)cc3)c3ccccc3-c3ccccc3)ccc21. The second-order valence-electron chi connectivity index (χ2n) is 10.3. The van der Waals surface area contributed by atoms with Crippen LogP contribution in [0.3, 0.4) is 0 Å². The summed E-state index contributed by atoms with van der Waals surface area (Å²) in [6.45, 7) is 5.03. The molecule has 1 aliphatic heterocycles. The first-order valence-corrected chi connectivity index (χ1v) is 14.0. The summed E-state index contributed by atoms with van der Waals surface area (Å²) in [5.41, 5.74) is 11.4. The van der Waals surface area contributed by atoms with E-state index in [1.807, 2.05) is 0 Å². The van der Waals surface area contributed by atoms with Crippen molar-refractivity contribution in [2.24, 2.45) is 0 Å². The fourth-order valence-corrected chi connectivity index (χ4v) is 5.79. The Morgan fingerprint density at radius 3 is 2.12 bits per heavy atom. The number of hydrogen-bond acceptors (Lipinski definition) is 2. The van der Waals surface area contributed by atoms with Crippen molar-refractivity contribution in [2.45, 2.75) is 0 Å². The fraction of sp³-hybridized carbons (Fsp3) is 0.0256. The summed E-state index contributed by atoms with van der Waals surface area (Å²) < 4.78 is 0. The van der Waals surface area contributed by atoms with Gasteiger partial charge in [-0.2, -0.15) is 0 Å². The Kier molecular flexibility index (Phi) is 6.42. The minimum absolute atomic E-state index is 0.777. The van der Waals surface area contributed by atoms with E-state index in [9.17, 15) is 0 Å². The molecule has 0 aromatic heterocycles. The molecule has 0 spiro atoms. The predicted octanol–water partition coefficient (Wildman–Crippen LogP) is 10.2. The molecule has 0 amide bonds. The van der Waals surface area contributed by atoms with Crippen LogP contribution in [-0.4, -0.2) is 6.54 Å². The lowest BCUT2D eigenvalue weighted by atomic mass is 9.97. The van der Waals surface area contributed by atoms with E-state index in [4.69, 9.17) is 0 Å². The Balaban J connectivity index is 1.39. The van der Waals surface area contributed by atoms with E-state index in [1.165, 1.54) is 33.0 Å². The Hall–Kier alpha value is -5.34. The van der Waals surface area contributed by atoms with Gasteiger partial charge >= 0.3 is 0 Å². The van der Waals surface area contributed by atoms with Crippen molar-refractivity contribution >= 4 is 39.6 Å². The predicted molar refractivity (Wildman–Crippen MR) is 176 cm³/mol. The fourth-order valence-electron chi connectivity index (χ4n) is 5.79. The van der Waals surface area contributed by atoms with Crippen molar-refractivity contribution in [1.82, 2.24) is 5.32 Å². The van der Waals surface area contributed by atoms with Gasteiger partial charge in [-0.3, -0.25) is 0 Å². The average molecular weight is 527 g/mol. The van der Waals surface area contributed by atoms with Crippen LogP contribution in [0.25, 0.3) is 44.8 Å². The first-order chi connectivity index (χ1) is 20.3. The molecule has 0 fully saturated rings. The van der Waals surface area contributed by atoms with Crippen molar-refractivity contribution in [3.8, 4) is 22.3 Å². The van der Waals surface area contributed by atoms with Crippen LogP contribution in [0.4, 0.5) is 17.1 Å². The normalized spacial score (nSPS) is 12.4. The third-order valence-electron chi connectivity index (χ3n) is 7.81. The van der Waals surface area contributed by atoms with E-state index in [0.29, 0.717) is 0 Å². The molecule has 2 heteroatoms. The number of para-hydroxylation sites is 1. The van der Waals surface area contributed by atoms with E-state index in [0.717, 1.165) is 40.4 Å². The van der Waals surface area contributed by atoms with Crippen LogP contribution >= 0.6 is 0 Å². The number of nitrogens with one attached hydrogen (secondary N) is 1. The Morgan fingerprint density at radius 1 is 0.561 bits per heavy atom. The van der Waals surface area contributed by atoms with Gasteiger partial charge in [0.05, 0.1) is 5.69 Å². The maximum atomic E-state index is 4.26. The maximum Gasteiger partial charge on any atom is 0.0540 e. The molecule has 41 heavy (non-hydrogen) atoms. The van der Waals surface area contributed by atoms with Crippen molar-refractivity contribution in [2.75, 3.05) is 11.4 Å². The van der Waals surface area contributed by atoms with Gasteiger partial charge in [0.1, 0.15) is 0 Å². The highest BCUT2D eigenvalue weighted by Crippen LogP contribution is 2.42. The number of benzene rings is 6. The van der Waals surface area contributed by atoms with Gasteiger partial charge in [0.25, 0.3) is 0 Å². The lowest BCUT2D eigenvalue weighted by Crippen LogP contribution is -2.12. The number of nitrogens with zero attached hydrogens (tertiary/aromatic N) is 1. The second-order valence-corrected chi connectivity index (χ2v) is 10.3. The van der Waals surface area contributed by atoms with Crippen LogP contribution in [-0.2, 0) is 0 Å². The summed E-state index contributed by atoms with van der Waals surface area (Å²) in [5.74, 6) is 0. The van der Waals surface area contributed by atoms with Crippen LogP contribution in [0.15, 0.2) is 152 Å². The number of rotatable bonds is 5. The first kappa shape index (κ1) is 24.7. The highest BCUT2D eigenvalue weighted by molar-refractivity contribution is 5.97. The minimum atomic E-state index is 0.777. The molecule has 1 heterocycles. The molecule has 0 saturated heterocycles. The van der Waals surface area contributed by atoms with Crippen LogP contribution in [0.1, 0.15) is 11.1 Å². The Bertz CT molecular complexity index is 1890. The third-order valence-corrected chi connectivity index (χ3v) is 7.81. The zero-order valence-corrected chi connectivity index (χ0v) is 22.8. The molecule has 6 aromatic rings. The molecule has 0 unspecified atom stereocenters. The summed E-state index contributed by atoms with van der Waals surface area (Å²) in [7, 11) is 0. The monoisotopic (exact) mass is 526 g/mol. The molecule has 2 nitrogen and oxygen atoms in total. The van der Waals surface area contributed by atoms with Gasteiger partial charge in [-0.1, -0.05) is 128 Å². The lowest BCUT2D eigenvalue weighted by Gasteiger charge is -2.29. The van der Waals surface area contributed by atoms with Gasteiger partial charge < -0.3 is 10.2 Å². The van der Waals surface area contributed by atoms with Crippen LogP contribution in [0.5, 0.6) is 0 Å². The van der Waals surface area contributed by atoms with Gasteiger partial charge in [0, 0.05) is 34.7 Å². The molecule has 0 aliphatic carbocycles. The zero-order chi connectivity index (χ0) is 27.6. The van der Waals surface area contributed by atoms with Crippen LogP contribution in [0.2, 0.25) is 0 Å². The van der Waals surface area contributed by atoms with Gasteiger partial charge in [0.2, 0.25) is 0 Å². The summed E-state index contributed by atoms with van der Waals surface area (Å²) >= 11 is 0. The number of hydrogen-bond donors (Lipinski definition) is 1. The largest absolute Gasteiger partial charge is 0.382 e. The molecule has 0 radical (unpaired) electrons. The molecule has 196 valence electrons. The smallest absolute Gasteiger partial charge is 0.0540 e. The first-order valence-electron chi connectivity index (χ1n) is 14.0. The van der Waals surface area contributed by atoms with E-state index in [-0.39, 0.29) is 0 Å². The minimum Gasteiger partial charge on any atom is -0.382 e.